The van der Waals surface area contributed by atoms with Crippen molar-refractivity contribution in [2.24, 2.45) is 0 Å². The van der Waals surface area contributed by atoms with E-state index in [4.69, 9.17) is 16.3 Å². The van der Waals surface area contributed by atoms with Crippen molar-refractivity contribution in [2.75, 3.05) is 6.54 Å². The average molecular weight is 298 g/mol. The molecule has 0 amide bonds. The first kappa shape index (κ1) is 14.4. The predicted molar refractivity (Wildman–Crippen MR) is 65.7 cm³/mol. The Bertz CT molecular complexity index is 495. The molecule has 0 unspecified atom stereocenters. The van der Waals surface area contributed by atoms with E-state index in [0.29, 0.717) is 4.34 Å². The molecule has 0 aliphatic carbocycles. The molecule has 0 bridgehead atoms. The molecular weight excluding hydrogens is 286 g/mol. The summed E-state index contributed by atoms with van der Waals surface area (Å²) in [6.45, 7) is 2.98. The number of nitrogens with one attached hydrogen (secondary N) is 1. The zero-order chi connectivity index (χ0) is 13.1. The lowest BCUT2D eigenvalue weighted by atomic mass is 10.5. The zero-order valence-electron chi connectivity index (χ0n) is 9.27. The summed E-state index contributed by atoms with van der Waals surface area (Å²) in [7, 11) is -3.69. The molecule has 0 saturated heterocycles. The summed E-state index contributed by atoms with van der Waals surface area (Å²) in [5.74, 6) is -0.619. The van der Waals surface area contributed by atoms with Gasteiger partial charge in [0, 0.05) is 0 Å². The van der Waals surface area contributed by atoms with Gasteiger partial charge in [0.15, 0.2) is 0 Å². The SMILES string of the molecule is CC(C)OC(=O)CNS(=O)(=O)c1ccc(Cl)s1. The maximum atomic E-state index is 11.7. The summed E-state index contributed by atoms with van der Waals surface area (Å²) in [4.78, 5) is 11.2. The van der Waals surface area contributed by atoms with Crippen molar-refractivity contribution < 1.29 is 17.9 Å². The number of sulfonamides is 1. The third kappa shape index (κ3) is 4.63. The van der Waals surface area contributed by atoms with Crippen LogP contribution in [0.2, 0.25) is 4.34 Å². The monoisotopic (exact) mass is 297 g/mol. The van der Waals surface area contributed by atoms with Gasteiger partial charge in [0.2, 0.25) is 0 Å². The highest BCUT2D eigenvalue weighted by molar-refractivity contribution is 7.91. The lowest BCUT2D eigenvalue weighted by molar-refractivity contribution is -0.145. The van der Waals surface area contributed by atoms with E-state index in [1.54, 1.807) is 13.8 Å². The van der Waals surface area contributed by atoms with E-state index in [9.17, 15) is 13.2 Å². The number of hydrogen-bond donors (Lipinski definition) is 1. The van der Waals surface area contributed by atoms with E-state index >= 15 is 0 Å². The lowest BCUT2D eigenvalue weighted by Gasteiger charge is -2.08. The number of rotatable bonds is 5. The fourth-order valence-corrected chi connectivity index (χ4v) is 3.47. The molecule has 0 fully saturated rings. The Hall–Kier alpha value is -0.630. The number of esters is 1. The van der Waals surface area contributed by atoms with Crippen molar-refractivity contribution in [3.05, 3.63) is 16.5 Å². The molecule has 0 aromatic carbocycles. The molecule has 0 spiro atoms. The smallest absolute Gasteiger partial charge is 0.321 e. The minimum Gasteiger partial charge on any atom is -0.462 e. The van der Waals surface area contributed by atoms with Crippen LogP contribution in [0.1, 0.15) is 13.8 Å². The molecule has 8 heteroatoms. The Kier molecular flexibility index (Phi) is 4.93. The van der Waals surface area contributed by atoms with Crippen LogP contribution in [0, 0.1) is 0 Å². The van der Waals surface area contributed by atoms with Gasteiger partial charge in [-0.2, -0.15) is 4.72 Å². The van der Waals surface area contributed by atoms with E-state index < -0.39 is 22.5 Å². The van der Waals surface area contributed by atoms with Gasteiger partial charge in [-0.25, -0.2) is 8.42 Å². The highest BCUT2D eigenvalue weighted by atomic mass is 35.5. The van der Waals surface area contributed by atoms with Gasteiger partial charge in [-0.1, -0.05) is 11.6 Å². The van der Waals surface area contributed by atoms with E-state index in [0.717, 1.165) is 11.3 Å². The van der Waals surface area contributed by atoms with Crippen LogP contribution in [0.4, 0.5) is 0 Å². The average Bonchev–Trinajstić information content (AvgIpc) is 2.62. The molecule has 17 heavy (non-hydrogen) atoms. The Morgan fingerprint density at radius 1 is 1.53 bits per heavy atom. The van der Waals surface area contributed by atoms with Gasteiger partial charge in [-0.15, -0.1) is 11.3 Å². The minimum absolute atomic E-state index is 0.0693. The van der Waals surface area contributed by atoms with Gasteiger partial charge in [0.25, 0.3) is 10.0 Å². The molecule has 1 heterocycles. The van der Waals surface area contributed by atoms with Gasteiger partial charge in [-0.3, -0.25) is 4.79 Å². The Labute approximate surface area is 109 Å². The number of carbonyl (C=O) groups excluding carboxylic acids is 1. The van der Waals surface area contributed by atoms with Crippen LogP contribution in [-0.2, 0) is 19.6 Å². The first-order valence-corrected chi connectivity index (χ1v) is 7.43. The summed E-state index contributed by atoms with van der Waals surface area (Å²) >= 11 is 6.56. The third-order valence-electron chi connectivity index (χ3n) is 1.59. The van der Waals surface area contributed by atoms with Crippen molar-refractivity contribution in [3.8, 4) is 0 Å². The van der Waals surface area contributed by atoms with Crippen LogP contribution in [0.3, 0.4) is 0 Å². The van der Waals surface area contributed by atoms with Gasteiger partial charge < -0.3 is 4.74 Å². The van der Waals surface area contributed by atoms with Gasteiger partial charge in [0.05, 0.1) is 10.4 Å². The Morgan fingerprint density at radius 3 is 2.65 bits per heavy atom. The molecule has 1 aromatic heterocycles. The molecule has 1 rings (SSSR count). The third-order valence-corrected chi connectivity index (χ3v) is 4.71. The molecule has 0 radical (unpaired) electrons. The molecule has 1 N–H and O–H groups in total. The summed E-state index contributed by atoms with van der Waals surface area (Å²) < 4.78 is 30.7. The molecule has 1 aromatic rings. The van der Waals surface area contributed by atoms with Gasteiger partial charge >= 0.3 is 5.97 Å². The van der Waals surface area contributed by atoms with Crippen molar-refractivity contribution in [1.29, 1.82) is 0 Å². The largest absolute Gasteiger partial charge is 0.462 e. The number of halogens is 1. The summed E-state index contributed by atoms with van der Waals surface area (Å²) in [6, 6.07) is 2.86. The topological polar surface area (TPSA) is 72.5 Å². The first-order chi connectivity index (χ1) is 7.81. The molecule has 0 aliphatic heterocycles. The summed E-state index contributed by atoms with van der Waals surface area (Å²) in [5, 5.41) is 0. The normalized spacial score (nSPS) is 11.8. The maximum Gasteiger partial charge on any atom is 0.321 e. The van der Waals surface area contributed by atoms with Gasteiger partial charge in [-0.05, 0) is 26.0 Å². The minimum atomic E-state index is -3.69. The van der Waals surface area contributed by atoms with Crippen molar-refractivity contribution in [2.45, 2.75) is 24.2 Å². The molecule has 0 aliphatic rings. The van der Waals surface area contributed by atoms with E-state index in [1.165, 1.54) is 12.1 Å². The lowest BCUT2D eigenvalue weighted by Crippen LogP contribution is -2.31. The Balaban J connectivity index is 2.60. The van der Waals surface area contributed by atoms with E-state index in [2.05, 4.69) is 4.72 Å². The second-order valence-corrected chi connectivity index (χ2v) is 7.13. The summed E-state index contributed by atoms with van der Waals surface area (Å²) in [5.41, 5.74) is 0. The van der Waals surface area contributed by atoms with Crippen molar-refractivity contribution >= 4 is 38.9 Å². The quantitative estimate of drug-likeness (QED) is 0.839. The standard InChI is InChI=1S/C9H12ClNO4S2/c1-6(2)15-8(12)5-11-17(13,14)9-4-3-7(10)16-9/h3-4,6,11H,5H2,1-2H3. The highest BCUT2D eigenvalue weighted by Crippen LogP contribution is 2.25. The van der Waals surface area contributed by atoms with Crippen LogP contribution in [0.5, 0.6) is 0 Å². The Morgan fingerprint density at radius 2 is 2.18 bits per heavy atom. The maximum absolute atomic E-state index is 11.7. The molecule has 96 valence electrons. The second-order valence-electron chi connectivity index (χ2n) is 3.42. The number of thiophene rings is 1. The van der Waals surface area contributed by atoms with E-state index in [1.807, 2.05) is 0 Å². The van der Waals surface area contributed by atoms with Crippen LogP contribution in [0.25, 0.3) is 0 Å². The highest BCUT2D eigenvalue weighted by Gasteiger charge is 2.18. The van der Waals surface area contributed by atoms with Crippen LogP contribution >= 0.6 is 22.9 Å². The van der Waals surface area contributed by atoms with Crippen LogP contribution in [0.15, 0.2) is 16.3 Å². The molecule has 0 atom stereocenters. The van der Waals surface area contributed by atoms with Gasteiger partial charge in [0.1, 0.15) is 10.8 Å². The fraction of sp³-hybridized carbons (Fsp3) is 0.444. The number of ether oxygens (including phenoxy) is 1. The number of hydrogen-bond acceptors (Lipinski definition) is 5. The van der Waals surface area contributed by atoms with Crippen LogP contribution in [-0.4, -0.2) is 27.0 Å². The van der Waals surface area contributed by atoms with Crippen molar-refractivity contribution in [3.63, 3.8) is 0 Å². The predicted octanol–water partition coefficient (Wildman–Crippen LogP) is 1.63. The fourth-order valence-electron chi connectivity index (χ4n) is 0.972. The van der Waals surface area contributed by atoms with Crippen LogP contribution < -0.4 is 4.72 Å². The molecule has 0 saturated carbocycles. The zero-order valence-corrected chi connectivity index (χ0v) is 11.7. The van der Waals surface area contributed by atoms with E-state index in [-0.39, 0.29) is 10.3 Å². The first-order valence-electron chi connectivity index (χ1n) is 4.76. The van der Waals surface area contributed by atoms with Crippen molar-refractivity contribution in [1.82, 2.24) is 4.72 Å². The molecular formula is C9H12ClNO4S2. The molecule has 5 nitrogen and oxygen atoms in total. The second kappa shape index (κ2) is 5.81. The summed E-state index contributed by atoms with van der Waals surface area (Å²) in [6.07, 6.45) is -0.275. The number of carbonyl (C=O) groups is 1.